The zero-order valence-corrected chi connectivity index (χ0v) is 8.86. The molecule has 0 fully saturated rings. The fourth-order valence-electron chi connectivity index (χ4n) is 1.14. The lowest BCUT2D eigenvalue weighted by molar-refractivity contribution is -0.112. The molecule has 0 aliphatic rings. The largest absolute Gasteiger partial charge is 0.308 e. The fraction of sp³-hybridized carbons (Fsp3) is 0.889. The number of azide groups is 1. The molecule has 1 N–H and O–H groups in total. The average molecular weight is 198 g/mol. The molecule has 0 saturated heterocycles. The number of likely N-dealkylation sites (N-methyl/N-ethyl adjacent to an activating group) is 1. The molecular formula is C9H18N4O. The second-order valence-electron chi connectivity index (χ2n) is 3.55. The summed E-state index contributed by atoms with van der Waals surface area (Å²) in [5.74, 6) is 0. The van der Waals surface area contributed by atoms with Gasteiger partial charge in [0.25, 0.3) is 0 Å². The maximum Gasteiger partial charge on any atom is 0.139 e. The van der Waals surface area contributed by atoms with Crippen molar-refractivity contribution in [2.75, 3.05) is 13.6 Å². The molecule has 0 amide bonds. The Labute approximate surface area is 84.5 Å². The van der Waals surface area contributed by atoms with Crippen molar-refractivity contribution in [1.82, 2.24) is 5.32 Å². The highest BCUT2D eigenvalue weighted by atomic mass is 16.1. The molecular weight excluding hydrogens is 180 g/mol. The lowest BCUT2D eigenvalue weighted by atomic mass is 9.96. The van der Waals surface area contributed by atoms with Gasteiger partial charge in [-0.3, -0.25) is 0 Å². The molecule has 0 aromatic rings. The van der Waals surface area contributed by atoms with Gasteiger partial charge in [0.1, 0.15) is 6.29 Å². The number of rotatable bonds is 8. The molecule has 80 valence electrons. The SMILES string of the molecule is CN[C@@](C)(C=O)CCCCCN=[N+]=[N-]. The minimum Gasteiger partial charge on any atom is -0.308 e. The van der Waals surface area contributed by atoms with E-state index in [9.17, 15) is 4.79 Å². The van der Waals surface area contributed by atoms with E-state index < -0.39 is 5.54 Å². The molecule has 0 unspecified atom stereocenters. The lowest BCUT2D eigenvalue weighted by Gasteiger charge is -2.21. The summed E-state index contributed by atoms with van der Waals surface area (Å²) in [5, 5.41) is 6.42. The molecule has 0 aliphatic heterocycles. The van der Waals surface area contributed by atoms with Crippen LogP contribution in [0.1, 0.15) is 32.6 Å². The standard InChI is InChI=1S/C9H18N4O/c1-9(8-14,11-2)6-4-3-5-7-12-13-10/h8,11H,3-7H2,1-2H3/t9-/m1/s1. The summed E-state index contributed by atoms with van der Waals surface area (Å²) in [6.45, 7) is 2.43. The minimum absolute atomic E-state index is 0.404. The smallest absolute Gasteiger partial charge is 0.139 e. The van der Waals surface area contributed by atoms with E-state index in [0.717, 1.165) is 32.0 Å². The first-order valence-electron chi connectivity index (χ1n) is 4.84. The normalized spacial score (nSPS) is 14.1. The van der Waals surface area contributed by atoms with Gasteiger partial charge >= 0.3 is 0 Å². The van der Waals surface area contributed by atoms with Crippen LogP contribution in [0.25, 0.3) is 10.4 Å². The molecule has 0 heterocycles. The van der Waals surface area contributed by atoms with Crippen LogP contribution in [0, 0.1) is 0 Å². The highest BCUT2D eigenvalue weighted by Gasteiger charge is 2.19. The Hall–Kier alpha value is -1.06. The number of nitrogens with one attached hydrogen (secondary N) is 1. The number of hydrogen-bond donors (Lipinski definition) is 1. The third-order valence-corrected chi connectivity index (χ3v) is 2.35. The summed E-state index contributed by atoms with van der Waals surface area (Å²) in [7, 11) is 1.79. The summed E-state index contributed by atoms with van der Waals surface area (Å²) in [6, 6.07) is 0. The molecule has 0 radical (unpaired) electrons. The van der Waals surface area contributed by atoms with Gasteiger partial charge in [-0.05, 0) is 32.3 Å². The van der Waals surface area contributed by atoms with E-state index in [0.29, 0.717) is 6.54 Å². The molecule has 0 spiro atoms. The van der Waals surface area contributed by atoms with Crippen molar-refractivity contribution < 1.29 is 4.79 Å². The Balaban J connectivity index is 3.52. The third kappa shape index (κ3) is 5.56. The zero-order chi connectivity index (χ0) is 10.9. The van der Waals surface area contributed by atoms with E-state index in [1.54, 1.807) is 7.05 Å². The highest BCUT2D eigenvalue weighted by Crippen LogP contribution is 2.11. The van der Waals surface area contributed by atoms with Crippen LogP contribution in [-0.2, 0) is 4.79 Å². The summed E-state index contributed by atoms with van der Waals surface area (Å²) in [6.07, 6.45) is 4.62. The molecule has 0 bridgehead atoms. The van der Waals surface area contributed by atoms with Crippen molar-refractivity contribution in [3.8, 4) is 0 Å². The monoisotopic (exact) mass is 198 g/mol. The fourth-order valence-corrected chi connectivity index (χ4v) is 1.14. The first-order chi connectivity index (χ1) is 6.68. The molecule has 1 atom stereocenters. The number of hydrogen-bond acceptors (Lipinski definition) is 3. The molecule has 5 heteroatoms. The van der Waals surface area contributed by atoms with Gasteiger partial charge in [0, 0.05) is 11.5 Å². The van der Waals surface area contributed by atoms with Gasteiger partial charge in [0.2, 0.25) is 0 Å². The Morgan fingerprint density at radius 1 is 1.50 bits per heavy atom. The summed E-state index contributed by atoms with van der Waals surface area (Å²) < 4.78 is 0. The van der Waals surface area contributed by atoms with Crippen LogP contribution in [0.3, 0.4) is 0 Å². The van der Waals surface area contributed by atoms with Gasteiger partial charge in [0.05, 0.1) is 5.54 Å². The summed E-state index contributed by atoms with van der Waals surface area (Å²) in [4.78, 5) is 13.4. The maximum absolute atomic E-state index is 10.7. The van der Waals surface area contributed by atoms with Crippen molar-refractivity contribution in [3.63, 3.8) is 0 Å². The first-order valence-corrected chi connectivity index (χ1v) is 4.84. The van der Waals surface area contributed by atoms with E-state index in [-0.39, 0.29) is 0 Å². The summed E-state index contributed by atoms with van der Waals surface area (Å²) >= 11 is 0. The van der Waals surface area contributed by atoms with E-state index in [4.69, 9.17) is 5.53 Å². The van der Waals surface area contributed by atoms with E-state index in [1.165, 1.54) is 0 Å². The predicted molar refractivity (Wildman–Crippen MR) is 56.0 cm³/mol. The third-order valence-electron chi connectivity index (χ3n) is 2.35. The number of aldehydes is 1. The van der Waals surface area contributed by atoms with Crippen LogP contribution < -0.4 is 5.32 Å². The van der Waals surface area contributed by atoms with Gasteiger partial charge in [0.15, 0.2) is 0 Å². The molecule has 5 nitrogen and oxygen atoms in total. The Morgan fingerprint density at radius 3 is 2.71 bits per heavy atom. The number of carbonyl (C=O) groups is 1. The molecule has 0 aromatic carbocycles. The van der Waals surface area contributed by atoms with Crippen molar-refractivity contribution in [2.45, 2.75) is 38.1 Å². The van der Waals surface area contributed by atoms with Crippen molar-refractivity contribution in [1.29, 1.82) is 0 Å². The Bertz CT molecular complexity index is 213. The second kappa shape index (κ2) is 7.35. The van der Waals surface area contributed by atoms with Crippen LogP contribution in [0.2, 0.25) is 0 Å². The van der Waals surface area contributed by atoms with Crippen molar-refractivity contribution in [3.05, 3.63) is 10.4 Å². The van der Waals surface area contributed by atoms with Crippen LogP contribution in [0.15, 0.2) is 5.11 Å². The molecule has 0 aliphatic carbocycles. The first kappa shape index (κ1) is 12.9. The summed E-state index contributed by atoms with van der Waals surface area (Å²) in [5.41, 5.74) is 7.63. The minimum atomic E-state index is -0.404. The van der Waals surface area contributed by atoms with Crippen LogP contribution in [0.4, 0.5) is 0 Å². The highest BCUT2D eigenvalue weighted by molar-refractivity contribution is 5.63. The van der Waals surface area contributed by atoms with E-state index in [2.05, 4.69) is 15.3 Å². The zero-order valence-electron chi connectivity index (χ0n) is 8.86. The van der Waals surface area contributed by atoms with Crippen molar-refractivity contribution >= 4 is 6.29 Å². The quantitative estimate of drug-likeness (QED) is 0.213. The molecule has 0 aromatic heterocycles. The van der Waals surface area contributed by atoms with Gasteiger partial charge in [-0.2, -0.15) is 0 Å². The Morgan fingerprint density at radius 2 is 2.21 bits per heavy atom. The maximum atomic E-state index is 10.7. The van der Waals surface area contributed by atoms with Gasteiger partial charge < -0.3 is 10.1 Å². The average Bonchev–Trinajstić information content (AvgIpc) is 2.23. The van der Waals surface area contributed by atoms with Crippen LogP contribution in [0.5, 0.6) is 0 Å². The van der Waals surface area contributed by atoms with Crippen molar-refractivity contribution in [2.24, 2.45) is 5.11 Å². The van der Waals surface area contributed by atoms with Gasteiger partial charge in [-0.25, -0.2) is 0 Å². The number of nitrogens with zero attached hydrogens (tertiary/aromatic N) is 3. The molecule has 0 rings (SSSR count). The molecule has 14 heavy (non-hydrogen) atoms. The second-order valence-corrected chi connectivity index (χ2v) is 3.55. The molecule has 0 saturated carbocycles. The van der Waals surface area contributed by atoms with E-state index in [1.807, 2.05) is 6.92 Å². The lowest BCUT2D eigenvalue weighted by Crippen LogP contribution is -2.41. The predicted octanol–water partition coefficient (Wildman–Crippen LogP) is 2.03. The topological polar surface area (TPSA) is 77.9 Å². The number of carbonyl (C=O) groups excluding carboxylic acids is 1. The van der Waals surface area contributed by atoms with Gasteiger partial charge in [-0.1, -0.05) is 18.0 Å². The number of unbranched alkanes of at least 4 members (excludes halogenated alkanes) is 2. The van der Waals surface area contributed by atoms with Crippen LogP contribution >= 0.6 is 0 Å². The van der Waals surface area contributed by atoms with Gasteiger partial charge in [-0.15, -0.1) is 0 Å². The van der Waals surface area contributed by atoms with E-state index >= 15 is 0 Å². The van der Waals surface area contributed by atoms with Crippen LogP contribution in [-0.4, -0.2) is 25.4 Å². The Kier molecular flexibility index (Phi) is 6.80.